The average molecular weight is 898 g/mol. The summed E-state index contributed by atoms with van der Waals surface area (Å²) < 4.78 is 24.6. The Morgan fingerprint density at radius 2 is 1.65 bits per heavy atom. The van der Waals surface area contributed by atoms with Gasteiger partial charge in [0.2, 0.25) is 23.7 Å². The van der Waals surface area contributed by atoms with Gasteiger partial charge >= 0.3 is 0 Å². The highest BCUT2D eigenvalue weighted by atomic mass is 35.5. The number of anilines is 5. The number of hydrogen-bond donors (Lipinski definition) is 3. The second kappa shape index (κ2) is 18.4. The molecule has 0 bridgehead atoms. The van der Waals surface area contributed by atoms with Crippen LogP contribution < -0.4 is 35.6 Å². The van der Waals surface area contributed by atoms with E-state index in [1.807, 2.05) is 47.4 Å². The predicted molar refractivity (Wildman–Crippen MR) is 239 cm³/mol. The molecule has 3 saturated heterocycles. The Balaban J connectivity index is 0.801. The van der Waals surface area contributed by atoms with Crippen molar-refractivity contribution in [3.05, 3.63) is 83.0 Å². The van der Waals surface area contributed by atoms with Gasteiger partial charge in [0, 0.05) is 68.8 Å². The Morgan fingerprint density at radius 3 is 2.38 bits per heavy atom. The Bertz CT molecular complexity index is 2500. The minimum Gasteiger partial charge on any atom is -0.494 e. The van der Waals surface area contributed by atoms with Gasteiger partial charge in [0.15, 0.2) is 5.82 Å². The van der Waals surface area contributed by atoms with Gasteiger partial charge in [-0.25, -0.2) is 4.98 Å². The molecule has 330 valence electrons. The molecule has 1 atom stereocenters. The molecule has 3 fully saturated rings. The first kappa shape index (κ1) is 43.6. The number of piperazine rings is 1. The van der Waals surface area contributed by atoms with Gasteiger partial charge < -0.3 is 34.5 Å². The van der Waals surface area contributed by atoms with Crippen LogP contribution in [-0.2, 0) is 18.9 Å². The molecule has 5 amide bonds. The third kappa shape index (κ3) is 9.36. The first-order valence-electron chi connectivity index (χ1n) is 20.9. The fraction of sp³-hybridized carbons (Fsp3) is 0.386. The van der Waals surface area contributed by atoms with Crippen molar-refractivity contribution in [1.82, 2.24) is 30.0 Å². The Kier molecular flexibility index (Phi) is 12.7. The van der Waals surface area contributed by atoms with E-state index in [1.165, 1.54) is 12.3 Å². The average Bonchev–Trinajstić information content (AvgIpc) is 3.53. The van der Waals surface area contributed by atoms with Gasteiger partial charge in [-0.15, -0.1) is 0 Å². The lowest BCUT2D eigenvalue weighted by Crippen LogP contribution is -2.54. The second-order valence-corrected chi connectivity index (χ2v) is 19.8. The van der Waals surface area contributed by atoms with Crippen LogP contribution in [0.2, 0.25) is 5.02 Å². The van der Waals surface area contributed by atoms with E-state index in [-0.39, 0.29) is 48.7 Å². The van der Waals surface area contributed by atoms with E-state index in [9.17, 15) is 28.5 Å². The number of aromatic nitrogens is 2. The Morgan fingerprint density at radius 1 is 0.889 bits per heavy atom. The number of halogens is 1. The predicted octanol–water partition coefficient (Wildman–Crippen LogP) is 4.86. The van der Waals surface area contributed by atoms with Gasteiger partial charge in [-0.1, -0.05) is 29.8 Å². The number of nitrogens with zero attached hydrogens (tertiary/aromatic N) is 6. The number of amides is 5. The standard InChI is InChI=1S/C44H49ClN9O8P/c1-61-35-25-28(11-12-31(35)48-44-46-26-30(45)40(50-44)47-32-8-4-5-10-36(32)63(2,3)60)51-18-15-27(16-19-51)52-20-22-53(23-21-52)38(56)17-24-62-34-9-6-7-29-39(34)43(59)54(42(29)58)33-13-14-37(55)49-41(33)57/h4-12,25-27,33H,13-24H2,1-3H3,(H,49,55,57)(H2,46,47,48,50). The van der Waals surface area contributed by atoms with Crippen LogP contribution in [0.1, 0.15) is 52.8 Å². The van der Waals surface area contributed by atoms with Gasteiger partial charge in [-0.3, -0.25) is 39.1 Å². The van der Waals surface area contributed by atoms with Crippen LogP contribution in [0.5, 0.6) is 11.5 Å². The first-order valence-corrected chi connectivity index (χ1v) is 23.9. The lowest BCUT2D eigenvalue weighted by atomic mass is 10.0. The number of ether oxygens (including phenoxy) is 2. The molecule has 1 aromatic heterocycles. The van der Waals surface area contributed by atoms with Crippen LogP contribution in [0.4, 0.5) is 28.8 Å². The minimum atomic E-state index is -2.57. The summed E-state index contributed by atoms with van der Waals surface area (Å²) in [6.07, 6.45) is 3.63. The van der Waals surface area contributed by atoms with E-state index in [2.05, 4.69) is 35.7 Å². The summed E-state index contributed by atoms with van der Waals surface area (Å²) in [5.74, 6) is -0.946. The molecule has 4 aliphatic heterocycles. The maximum atomic E-state index is 13.4. The lowest BCUT2D eigenvalue weighted by Gasteiger charge is -2.43. The Labute approximate surface area is 369 Å². The van der Waals surface area contributed by atoms with E-state index < -0.39 is 36.8 Å². The van der Waals surface area contributed by atoms with Crippen molar-refractivity contribution >= 4 is 82.4 Å². The molecule has 0 radical (unpaired) electrons. The number of piperidine rings is 2. The molecule has 17 nitrogen and oxygen atoms in total. The van der Waals surface area contributed by atoms with Crippen LogP contribution in [0.15, 0.2) is 66.9 Å². The monoisotopic (exact) mass is 897 g/mol. The third-order valence-electron chi connectivity index (χ3n) is 11.9. The number of imide groups is 2. The smallest absolute Gasteiger partial charge is 0.266 e. The summed E-state index contributed by atoms with van der Waals surface area (Å²) >= 11 is 6.47. The van der Waals surface area contributed by atoms with Crippen molar-refractivity contribution in [3.63, 3.8) is 0 Å². The van der Waals surface area contributed by atoms with Gasteiger partial charge in [0.05, 0.1) is 48.8 Å². The maximum Gasteiger partial charge on any atom is 0.266 e. The fourth-order valence-corrected chi connectivity index (χ4v) is 9.92. The highest BCUT2D eigenvalue weighted by molar-refractivity contribution is 7.70. The summed E-state index contributed by atoms with van der Waals surface area (Å²) in [6.45, 7) is 7.89. The van der Waals surface area contributed by atoms with Crippen LogP contribution in [0.3, 0.4) is 0 Å². The van der Waals surface area contributed by atoms with Crippen molar-refractivity contribution < 1.29 is 38.0 Å². The number of rotatable bonds is 13. The van der Waals surface area contributed by atoms with Gasteiger partial charge in [-0.05, 0) is 69.0 Å². The highest BCUT2D eigenvalue weighted by Crippen LogP contribution is 2.39. The van der Waals surface area contributed by atoms with Crippen molar-refractivity contribution in [2.24, 2.45) is 0 Å². The van der Waals surface area contributed by atoms with Crippen LogP contribution in [0.25, 0.3) is 0 Å². The van der Waals surface area contributed by atoms with E-state index in [1.54, 1.807) is 32.6 Å². The Hall–Kier alpha value is -6.03. The number of carbonyl (C=O) groups excluding carboxylic acids is 5. The third-order valence-corrected chi connectivity index (χ3v) is 13.8. The molecule has 3 aromatic carbocycles. The number of hydrogen-bond acceptors (Lipinski definition) is 14. The zero-order valence-corrected chi connectivity index (χ0v) is 36.9. The van der Waals surface area contributed by atoms with Gasteiger partial charge in [-0.2, -0.15) is 4.98 Å². The molecule has 0 spiro atoms. The fourth-order valence-electron chi connectivity index (χ4n) is 8.63. The zero-order chi connectivity index (χ0) is 44.4. The number of carbonyl (C=O) groups is 5. The van der Waals surface area contributed by atoms with Crippen LogP contribution >= 0.6 is 18.7 Å². The summed E-state index contributed by atoms with van der Waals surface area (Å²) in [4.78, 5) is 80.4. The maximum absolute atomic E-state index is 13.4. The molecule has 3 N–H and O–H groups in total. The van der Waals surface area contributed by atoms with E-state index in [0.717, 1.165) is 49.6 Å². The topological polar surface area (TPSA) is 196 Å². The second-order valence-electron chi connectivity index (χ2n) is 16.3. The molecule has 19 heteroatoms. The van der Waals surface area contributed by atoms with Crippen molar-refractivity contribution in [1.29, 1.82) is 0 Å². The first-order chi connectivity index (χ1) is 30.3. The molecular formula is C44H49ClN9O8P. The molecule has 5 heterocycles. The van der Waals surface area contributed by atoms with E-state index in [4.69, 9.17) is 21.1 Å². The molecule has 4 aromatic rings. The van der Waals surface area contributed by atoms with E-state index >= 15 is 0 Å². The summed E-state index contributed by atoms with van der Waals surface area (Å²) in [5, 5.41) is 9.69. The summed E-state index contributed by atoms with van der Waals surface area (Å²) in [6, 6.07) is 17.4. The minimum absolute atomic E-state index is 0.0163. The molecule has 0 saturated carbocycles. The molecule has 8 rings (SSSR count). The normalized spacial score (nSPS) is 18.6. The molecule has 63 heavy (non-hydrogen) atoms. The van der Waals surface area contributed by atoms with Gasteiger partial charge in [0.25, 0.3) is 11.8 Å². The van der Waals surface area contributed by atoms with Crippen LogP contribution in [0, 0.1) is 0 Å². The van der Waals surface area contributed by atoms with Crippen molar-refractivity contribution in [2.45, 2.75) is 44.2 Å². The largest absolute Gasteiger partial charge is 0.494 e. The molecule has 0 aliphatic carbocycles. The summed E-state index contributed by atoms with van der Waals surface area (Å²) in [7, 11) is -0.950. The quantitative estimate of drug-likeness (QED) is 0.122. The number of benzene rings is 3. The number of para-hydroxylation sites is 1. The number of fused-ring (bicyclic) bond motifs is 1. The summed E-state index contributed by atoms with van der Waals surface area (Å²) in [5.41, 5.74) is 2.57. The lowest BCUT2D eigenvalue weighted by molar-refractivity contribution is -0.136. The number of methoxy groups -OCH3 is 1. The zero-order valence-electron chi connectivity index (χ0n) is 35.3. The van der Waals surface area contributed by atoms with Crippen LogP contribution in [-0.4, -0.2) is 133 Å². The SMILES string of the molecule is COc1cc(N2CCC(N3CCN(C(=O)CCOc4cccc5c4C(=O)N(C4CCC(=O)NC4=O)C5=O)CC3)CC2)ccc1Nc1ncc(Cl)c(Nc2ccccc2P(C)(C)=O)n1. The number of nitrogens with one attached hydrogen (secondary N) is 3. The van der Waals surface area contributed by atoms with Gasteiger partial charge in [0.1, 0.15) is 29.7 Å². The molecule has 1 unspecified atom stereocenters. The highest BCUT2D eigenvalue weighted by Gasteiger charge is 2.46. The molecular weight excluding hydrogens is 849 g/mol. The van der Waals surface area contributed by atoms with E-state index in [0.29, 0.717) is 58.3 Å². The van der Waals surface area contributed by atoms with Crippen molar-refractivity contribution in [3.8, 4) is 11.5 Å². The van der Waals surface area contributed by atoms with Crippen molar-refractivity contribution in [2.75, 3.05) is 81.8 Å². The molecule has 4 aliphatic rings.